The molecule has 1 N–H and O–H groups in total. The van der Waals surface area contributed by atoms with Gasteiger partial charge in [-0.15, -0.1) is 0 Å². The molecular formula is C20H44O2Si. The molecule has 0 aromatic heterocycles. The van der Waals surface area contributed by atoms with Crippen LogP contribution in [-0.4, -0.2) is 26.1 Å². The van der Waals surface area contributed by atoms with Gasteiger partial charge in [0.2, 0.25) is 0 Å². The van der Waals surface area contributed by atoms with E-state index in [4.69, 9.17) is 4.43 Å². The van der Waals surface area contributed by atoms with Crippen molar-refractivity contribution in [2.24, 2.45) is 0 Å². The first-order chi connectivity index (χ1) is 10.7. The Balaban J connectivity index is 3.49. The lowest BCUT2D eigenvalue weighted by molar-refractivity contribution is 0.0905. The van der Waals surface area contributed by atoms with Crippen molar-refractivity contribution in [3.8, 4) is 0 Å². The summed E-state index contributed by atoms with van der Waals surface area (Å²) in [6, 6.07) is 0. The van der Waals surface area contributed by atoms with Crippen LogP contribution in [0.1, 0.15) is 98.3 Å². The van der Waals surface area contributed by atoms with Crippen LogP contribution in [0.2, 0.25) is 18.1 Å². The molecule has 0 saturated carbocycles. The van der Waals surface area contributed by atoms with Crippen molar-refractivity contribution in [2.45, 2.75) is 123 Å². The van der Waals surface area contributed by atoms with Crippen LogP contribution < -0.4 is 0 Å². The van der Waals surface area contributed by atoms with Crippen molar-refractivity contribution in [3.63, 3.8) is 0 Å². The van der Waals surface area contributed by atoms with Gasteiger partial charge >= 0.3 is 0 Å². The minimum absolute atomic E-state index is 0.226. The molecule has 0 heterocycles. The fourth-order valence-corrected chi connectivity index (χ4v) is 3.51. The fourth-order valence-electron chi connectivity index (χ4n) is 2.47. The number of aliphatic hydroxyl groups excluding tert-OH is 1. The summed E-state index contributed by atoms with van der Waals surface area (Å²) in [5.74, 6) is 0. The summed E-state index contributed by atoms with van der Waals surface area (Å²) in [6.07, 6.45) is 14.0. The second-order valence-corrected chi connectivity index (χ2v) is 13.5. The summed E-state index contributed by atoms with van der Waals surface area (Å²) in [5, 5.41) is 10.3. The maximum absolute atomic E-state index is 10.1. The van der Waals surface area contributed by atoms with E-state index in [1.165, 1.54) is 57.8 Å². The predicted molar refractivity (Wildman–Crippen MR) is 106 cm³/mol. The summed E-state index contributed by atoms with van der Waals surface area (Å²) >= 11 is 0. The monoisotopic (exact) mass is 344 g/mol. The second-order valence-electron chi connectivity index (χ2n) is 8.70. The van der Waals surface area contributed by atoms with E-state index in [1.807, 2.05) is 0 Å². The number of rotatable bonds is 14. The molecule has 0 radical (unpaired) electrons. The van der Waals surface area contributed by atoms with Crippen LogP contribution in [-0.2, 0) is 4.43 Å². The van der Waals surface area contributed by atoms with Crippen molar-refractivity contribution in [1.29, 1.82) is 0 Å². The van der Waals surface area contributed by atoms with Gasteiger partial charge in [-0.1, -0.05) is 91.9 Å². The smallest absolute Gasteiger partial charge is 0.192 e. The molecule has 0 aliphatic heterocycles. The Kier molecular flexibility index (Phi) is 12.6. The molecule has 0 bridgehead atoms. The van der Waals surface area contributed by atoms with E-state index in [0.717, 1.165) is 12.8 Å². The molecule has 23 heavy (non-hydrogen) atoms. The van der Waals surface area contributed by atoms with E-state index in [-0.39, 0.29) is 11.1 Å². The molecule has 0 amide bonds. The largest absolute Gasteiger partial charge is 0.414 e. The lowest BCUT2D eigenvalue weighted by atomic mass is 10.0. The molecule has 1 unspecified atom stereocenters. The Morgan fingerprint density at radius 3 is 1.70 bits per heavy atom. The van der Waals surface area contributed by atoms with Gasteiger partial charge in [0, 0.05) is 0 Å². The number of aliphatic hydroxyl groups is 1. The number of hydrogen-bond donors (Lipinski definition) is 1. The van der Waals surface area contributed by atoms with Crippen molar-refractivity contribution in [1.82, 2.24) is 0 Å². The Bertz CT molecular complexity index is 271. The van der Waals surface area contributed by atoms with Crippen molar-refractivity contribution in [2.75, 3.05) is 6.61 Å². The van der Waals surface area contributed by atoms with Gasteiger partial charge in [-0.25, -0.2) is 0 Å². The maximum Gasteiger partial charge on any atom is 0.192 e. The van der Waals surface area contributed by atoms with Gasteiger partial charge in [-0.05, 0) is 24.6 Å². The molecular weight excluding hydrogens is 300 g/mol. The number of unbranched alkanes of at least 4 members (excludes halogenated alkanes) is 9. The SMILES string of the molecule is CCCCCCCCCCCCC(O)CO[Si](C)(C)C(C)(C)C. The highest BCUT2D eigenvalue weighted by Gasteiger charge is 2.37. The van der Waals surface area contributed by atoms with E-state index >= 15 is 0 Å². The van der Waals surface area contributed by atoms with Crippen molar-refractivity contribution < 1.29 is 9.53 Å². The molecule has 0 fully saturated rings. The van der Waals surface area contributed by atoms with E-state index < -0.39 is 8.32 Å². The summed E-state index contributed by atoms with van der Waals surface area (Å²) in [7, 11) is -1.71. The average Bonchev–Trinajstić information content (AvgIpc) is 2.46. The number of hydrogen-bond acceptors (Lipinski definition) is 2. The zero-order valence-electron chi connectivity index (χ0n) is 16.9. The van der Waals surface area contributed by atoms with Crippen LogP contribution in [0.15, 0.2) is 0 Å². The molecule has 2 nitrogen and oxygen atoms in total. The van der Waals surface area contributed by atoms with E-state index in [9.17, 15) is 5.11 Å². The van der Waals surface area contributed by atoms with Crippen LogP contribution in [0.4, 0.5) is 0 Å². The zero-order chi connectivity index (χ0) is 17.8. The Morgan fingerprint density at radius 2 is 1.26 bits per heavy atom. The Hall–Kier alpha value is 0.137. The van der Waals surface area contributed by atoms with Crippen LogP contribution in [0, 0.1) is 0 Å². The fraction of sp³-hybridized carbons (Fsp3) is 1.00. The first kappa shape index (κ1) is 23.1. The second kappa shape index (κ2) is 12.5. The zero-order valence-corrected chi connectivity index (χ0v) is 17.9. The standard InChI is InChI=1S/C20H44O2Si/c1-7-8-9-10-11-12-13-14-15-16-17-19(21)18-22-23(5,6)20(2,3)4/h19,21H,7-18H2,1-6H3. The van der Waals surface area contributed by atoms with Gasteiger partial charge < -0.3 is 9.53 Å². The third-order valence-corrected chi connectivity index (χ3v) is 9.83. The minimum atomic E-state index is -1.71. The minimum Gasteiger partial charge on any atom is -0.414 e. The summed E-state index contributed by atoms with van der Waals surface area (Å²) < 4.78 is 6.09. The first-order valence-electron chi connectivity index (χ1n) is 10.0. The predicted octanol–water partition coefficient (Wildman–Crippen LogP) is 6.68. The highest BCUT2D eigenvalue weighted by atomic mass is 28.4. The van der Waals surface area contributed by atoms with Crippen molar-refractivity contribution >= 4 is 8.32 Å². The third-order valence-electron chi connectivity index (χ3n) is 5.33. The molecule has 0 aromatic rings. The van der Waals surface area contributed by atoms with Crippen LogP contribution in [0.5, 0.6) is 0 Å². The van der Waals surface area contributed by atoms with Crippen molar-refractivity contribution in [3.05, 3.63) is 0 Å². The molecule has 0 rings (SSSR count). The Labute approximate surface area is 147 Å². The van der Waals surface area contributed by atoms with Gasteiger partial charge in [0.25, 0.3) is 0 Å². The Morgan fingerprint density at radius 1 is 0.826 bits per heavy atom. The maximum atomic E-state index is 10.1. The van der Waals surface area contributed by atoms with Gasteiger partial charge in [-0.2, -0.15) is 0 Å². The summed E-state index contributed by atoms with van der Waals surface area (Å²) in [4.78, 5) is 0. The van der Waals surface area contributed by atoms with E-state index in [2.05, 4.69) is 40.8 Å². The molecule has 1 atom stereocenters. The van der Waals surface area contributed by atoms with E-state index in [1.54, 1.807) is 0 Å². The topological polar surface area (TPSA) is 29.5 Å². The lowest BCUT2D eigenvalue weighted by Crippen LogP contribution is -2.42. The van der Waals surface area contributed by atoms with Gasteiger partial charge in [0.1, 0.15) is 0 Å². The lowest BCUT2D eigenvalue weighted by Gasteiger charge is -2.36. The van der Waals surface area contributed by atoms with Gasteiger partial charge in [0.15, 0.2) is 8.32 Å². The molecule has 0 aliphatic rings. The third kappa shape index (κ3) is 12.2. The highest BCUT2D eigenvalue weighted by molar-refractivity contribution is 6.74. The average molecular weight is 345 g/mol. The van der Waals surface area contributed by atoms with Crippen LogP contribution in [0.3, 0.4) is 0 Å². The molecule has 0 aliphatic carbocycles. The van der Waals surface area contributed by atoms with Crippen LogP contribution in [0.25, 0.3) is 0 Å². The van der Waals surface area contributed by atoms with E-state index in [0.29, 0.717) is 6.61 Å². The molecule has 3 heteroatoms. The highest BCUT2D eigenvalue weighted by Crippen LogP contribution is 2.36. The molecule has 0 saturated heterocycles. The normalized spacial score (nSPS) is 14.2. The quantitative estimate of drug-likeness (QED) is 0.281. The van der Waals surface area contributed by atoms with Gasteiger partial charge in [-0.3, -0.25) is 0 Å². The van der Waals surface area contributed by atoms with Gasteiger partial charge in [0.05, 0.1) is 12.7 Å². The van der Waals surface area contributed by atoms with Crippen LogP contribution >= 0.6 is 0 Å². The molecule has 140 valence electrons. The summed E-state index contributed by atoms with van der Waals surface area (Å²) in [5.41, 5.74) is 0. The molecule has 0 spiro atoms. The first-order valence-corrected chi connectivity index (χ1v) is 12.9. The summed E-state index contributed by atoms with van der Waals surface area (Å²) in [6.45, 7) is 14.0. The molecule has 0 aromatic carbocycles.